The highest BCUT2D eigenvalue weighted by atomic mass is 15.4. The van der Waals surface area contributed by atoms with E-state index in [1.165, 1.54) is 44.8 Å². The zero-order valence-corrected chi connectivity index (χ0v) is 22.8. The maximum Gasteiger partial charge on any atom is 0.0917 e. The van der Waals surface area contributed by atoms with Gasteiger partial charge in [-0.05, 0) is 59.1 Å². The number of aryl methyl sites for hydroxylation is 4. The van der Waals surface area contributed by atoms with E-state index in [1.54, 1.807) is 0 Å². The molecular formula is C35H40N2. The third-order valence-electron chi connectivity index (χ3n) is 8.06. The van der Waals surface area contributed by atoms with Crippen LogP contribution in [0.3, 0.4) is 0 Å². The molecule has 0 radical (unpaired) electrons. The smallest absolute Gasteiger partial charge is 0.0917 e. The summed E-state index contributed by atoms with van der Waals surface area (Å²) in [6.07, 6.45) is 4.12. The van der Waals surface area contributed by atoms with Crippen LogP contribution in [0.2, 0.25) is 0 Å². The van der Waals surface area contributed by atoms with Crippen LogP contribution in [0, 0.1) is 0 Å². The first kappa shape index (κ1) is 25.1. The molecule has 0 saturated carbocycles. The fourth-order valence-electron chi connectivity index (χ4n) is 6.29. The van der Waals surface area contributed by atoms with Crippen molar-refractivity contribution in [1.29, 1.82) is 0 Å². The van der Waals surface area contributed by atoms with Gasteiger partial charge in [0.2, 0.25) is 0 Å². The molecule has 2 atom stereocenters. The van der Waals surface area contributed by atoms with Gasteiger partial charge in [-0.15, -0.1) is 0 Å². The SMILES string of the molecule is CCc1cccc(CC)c1N1CN(c2c(CC)cccc2CC)[C@H](c2ccccc2)[C@H]1c1ccccc1. The average molecular weight is 489 g/mol. The summed E-state index contributed by atoms with van der Waals surface area (Å²) in [6.45, 7) is 10.0. The minimum atomic E-state index is 0.205. The summed E-state index contributed by atoms with van der Waals surface area (Å²) in [7, 11) is 0. The molecule has 2 nitrogen and oxygen atoms in total. The minimum absolute atomic E-state index is 0.205. The number of hydrogen-bond donors (Lipinski definition) is 0. The van der Waals surface area contributed by atoms with E-state index in [2.05, 4.69) is 135 Å². The van der Waals surface area contributed by atoms with Crippen LogP contribution in [-0.4, -0.2) is 6.67 Å². The molecule has 0 unspecified atom stereocenters. The highest BCUT2D eigenvalue weighted by Crippen LogP contribution is 2.50. The molecule has 37 heavy (non-hydrogen) atoms. The molecule has 0 aromatic heterocycles. The Labute approximate surface area is 223 Å². The molecule has 1 saturated heterocycles. The lowest BCUT2D eigenvalue weighted by molar-refractivity contribution is 0.614. The lowest BCUT2D eigenvalue weighted by atomic mass is 9.90. The molecule has 1 aliphatic rings. The van der Waals surface area contributed by atoms with Gasteiger partial charge in [-0.25, -0.2) is 0 Å². The molecule has 0 aliphatic carbocycles. The first-order valence-corrected chi connectivity index (χ1v) is 14.1. The van der Waals surface area contributed by atoms with Gasteiger partial charge >= 0.3 is 0 Å². The third-order valence-corrected chi connectivity index (χ3v) is 8.06. The van der Waals surface area contributed by atoms with Crippen molar-refractivity contribution in [3.8, 4) is 0 Å². The van der Waals surface area contributed by atoms with Gasteiger partial charge < -0.3 is 9.80 Å². The van der Waals surface area contributed by atoms with E-state index >= 15 is 0 Å². The number of benzene rings is 4. The fourth-order valence-corrected chi connectivity index (χ4v) is 6.29. The van der Waals surface area contributed by atoms with Crippen LogP contribution in [0.4, 0.5) is 11.4 Å². The van der Waals surface area contributed by atoms with Crippen molar-refractivity contribution in [2.45, 2.75) is 65.5 Å². The average Bonchev–Trinajstić information content (AvgIpc) is 3.36. The monoisotopic (exact) mass is 488 g/mol. The van der Waals surface area contributed by atoms with Gasteiger partial charge in [0.15, 0.2) is 0 Å². The second-order valence-corrected chi connectivity index (χ2v) is 10.1. The van der Waals surface area contributed by atoms with Crippen LogP contribution >= 0.6 is 0 Å². The predicted molar refractivity (Wildman–Crippen MR) is 159 cm³/mol. The molecular weight excluding hydrogens is 448 g/mol. The molecule has 4 aromatic carbocycles. The maximum absolute atomic E-state index is 2.72. The first-order valence-electron chi connectivity index (χ1n) is 14.1. The topological polar surface area (TPSA) is 6.48 Å². The Bertz CT molecular complexity index is 1160. The molecule has 1 fully saturated rings. The normalized spacial score (nSPS) is 17.4. The van der Waals surface area contributed by atoms with Gasteiger partial charge in [0.25, 0.3) is 0 Å². The van der Waals surface area contributed by atoms with E-state index in [0.29, 0.717) is 0 Å². The van der Waals surface area contributed by atoms with Crippen molar-refractivity contribution in [2.75, 3.05) is 16.5 Å². The number of para-hydroxylation sites is 2. The third kappa shape index (κ3) is 4.66. The van der Waals surface area contributed by atoms with Gasteiger partial charge in [-0.3, -0.25) is 0 Å². The Morgan fingerprint density at radius 1 is 0.459 bits per heavy atom. The van der Waals surface area contributed by atoms with Gasteiger partial charge in [-0.2, -0.15) is 0 Å². The molecule has 190 valence electrons. The lowest BCUT2D eigenvalue weighted by Gasteiger charge is -2.33. The standard InChI is InChI=1S/C35H40N2/c1-5-26-21-15-22-27(6-2)32(26)36-25-37(33-28(7-3)23-16-24-29(33)8-4)35(31-19-13-10-14-20-31)34(36)30-17-11-9-12-18-30/h9-24,34-35H,5-8,25H2,1-4H3/t34-,35-/m1/s1. The van der Waals surface area contributed by atoms with Crippen molar-refractivity contribution >= 4 is 11.4 Å². The summed E-state index contributed by atoms with van der Waals surface area (Å²) in [5.74, 6) is 0. The number of anilines is 2. The largest absolute Gasteiger partial charge is 0.344 e. The van der Waals surface area contributed by atoms with Crippen LogP contribution in [0.15, 0.2) is 97.1 Å². The van der Waals surface area contributed by atoms with Crippen LogP contribution < -0.4 is 9.80 Å². The Balaban J connectivity index is 1.80. The Kier molecular flexibility index (Phi) is 7.65. The summed E-state index contributed by atoms with van der Waals surface area (Å²) >= 11 is 0. The van der Waals surface area contributed by atoms with Crippen LogP contribution in [0.1, 0.15) is 73.2 Å². The Hall–Kier alpha value is -3.52. The molecule has 1 heterocycles. The lowest BCUT2D eigenvalue weighted by Crippen LogP contribution is -2.29. The van der Waals surface area contributed by atoms with E-state index in [0.717, 1.165) is 32.4 Å². The molecule has 0 N–H and O–H groups in total. The number of hydrogen-bond acceptors (Lipinski definition) is 2. The first-order chi connectivity index (χ1) is 18.2. The fraction of sp³-hybridized carbons (Fsp3) is 0.314. The molecule has 5 rings (SSSR count). The summed E-state index contributed by atoms with van der Waals surface area (Å²) in [6, 6.07) is 36.5. The zero-order valence-electron chi connectivity index (χ0n) is 22.8. The van der Waals surface area contributed by atoms with Crippen molar-refractivity contribution in [1.82, 2.24) is 0 Å². The predicted octanol–water partition coefficient (Wildman–Crippen LogP) is 8.70. The van der Waals surface area contributed by atoms with Gasteiger partial charge in [0.1, 0.15) is 0 Å². The van der Waals surface area contributed by atoms with Gasteiger partial charge in [0, 0.05) is 11.4 Å². The minimum Gasteiger partial charge on any atom is -0.344 e. The van der Waals surface area contributed by atoms with Gasteiger partial charge in [-0.1, -0.05) is 125 Å². The van der Waals surface area contributed by atoms with Crippen LogP contribution in [0.5, 0.6) is 0 Å². The van der Waals surface area contributed by atoms with Gasteiger partial charge in [0.05, 0.1) is 18.8 Å². The summed E-state index contributed by atoms with van der Waals surface area (Å²) < 4.78 is 0. The number of nitrogens with zero attached hydrogens (tertiary/aromatic N) is 2. The van der Waals surface area contributed by atoms with E-state index < -0.39 is 0 Å². The molecule has 0 bridgehead atoms. The van der Waals surface area contributed by atoms with Crippen LogP contribution in [0.25, 0.3) is 0 Å². The van der Waals surface area contributed by atoms with Crippen molar-refractivity contribution in [2.24, 2.45) is 0 Å². The Morgan fingerprint density at radius 3 is 1.08 bits per heavy atom. The van der Waals surface area contributed by atoms with E-state index in [4.69, 9.17) is 0 Å². The second kappa shape index (κ2) is 11.3. The van der Waals surface area contributed by atoms with E-state index in [-0.39, 0.29) is 12.1 Å². The van der Waals surface area contributed by atoms with Crippen LogP contribution in [-0.2, 0) is 25.7 Å². The van der Waals surface area contributed by atoms with E-state index in [1.807, 2.05) is 0 Å². The summed E-state index contributed by atoms with van der Waals surface area (Å²) in [5.41, 5.74) is 11.4. The quantitative estimate of drug-likeness (QED) is 0.245. The zero-order chi connectivity index (χ0) is 25.8. The Morgan fingerprint density at radius 2 is 0.784 bits per heavy atom. The van der Waals surface area contributed by atoms with Crippen molar-refractivity contribution < 1.29 is 0 Å². The molecule has 0 spiro atoms. The number of rotatable bonds is 8. The van der Waals surface area contributed by atoms with E-state index in [9.17, 15) is 0 Å². The van der Waals surface area contributed by atoms with Crippen molar-refractivity contribution in [3.63, 3.8) is 0 Å². The molecule has 0 amide bonds. The van der Waals surface area contributed by atoms with Crippen molar-refractivity contribution in [3.05, 3.63) is 130 Å². The molecule has 2 heteroatoms. The molecule has 1 aliphatic heterocycles. The highest BCUT2D eigenvalue weighted by Gasteiger charge is 2.44. The summed E-state index contributed by atoms with van der Waals surface area (Å²) in [5, 5.41) is 0. The molecule has 4 aromatic rings. The highest BCUT2D eigenvalue weighted by molar-refractivity contribution is 5.69. The second-order valence-electron chi connectivity index (χ2n) is 10.1. The maximum atomic E-state index is 2.72. The summed E-state index contributed by atoms with van der Waals surface area (Å²) in [4.78, 5) is 5.44.